The van der Waals surface area contributed by atoms with Crippen molar-refractivity contribution in [2.45, 2.75) is 31.7 Å². The van der Waals surface area contributed by atoms with Crippen molar-refractivity contribution >= 4 is 23.1 Å². The van der Waals surface area contributed by atoms with Gasteiger partial charge < -0.3 is 16.4 Å². The van der Waals surface area contributed by atoms with Crippen molar-refractivity contribution in [2.75, 3.05) is 16.4 Å². The van der Waals surface area contributed by atoms with Crippen LogP contribution in [0.3, 0.4) is 0 Å². The first-order valence-corrected chi connectivity index (χ1v) is 8.69. The van der Waals surface area contributed by atoms with E-state index in [0.717, 1.165) is 11.3 Å². The number of anilines is 4. The summed E-state index contributed by atoms with van der Waals surface area (Å²) >= 11 is 0. The summed E-state index contributed by atoms with van der Waals surface area (Å²) in [6.45, 7) is 1.99. The summed E-state index contributed by atoms with van der Waals surface area (Å²) in [5, 5.41) is 13.8. The molecule has 7 heteroatoms. The number of nitrogens with one attached hydrogen (secondary N) is 3. The molecule has 4 rings (SSSR count). The van der Waals surface area contributed by atoms with E-state index in [1.165, 1.54) is 25.0 Å². The van der Waals surface area contributed by atoms with E-state index in [1.807, 2.05) is 19.1 Å². The Bertz CT molecular complexity index is 901. The molecule has 0 bridgehead atoms. The van der Waals surface area contributed by atoms with Crippen LogP contribution in [0.25, 0.3) is 0 Å². The van der Waals surface area contributed by atoms with E-state index in [2.05, 4.69) is 25.8 Å². The third kappa shape index (κ3) is 3.61. The average molecular weight is 352 g/mol. The van der Waals surface area contributed by atoms with Gasteiger partial charge in [0, 0.05) is 23.7 Å². The summed E-state index contributed by atoms with van der Waals surface area (Å²) in [5.74, 6) is 2.29. The molecule has 6 nitrogen and oxygen atoms in total. The van der Waals surface area contributed by atoms with E-state index in [1.54, 1.807) is 18.2 Å². The summed E-state index contributed by atoms with van der Waals surface area (Å²) in [5.41, 5.74) is 8.70. The minimum atomic E-state index is -0.248. The van der Waals surface area contributed by atoms with Crippen molar-refractivity contribution in [3.05, 3.63) is 59.5 Å². The Labute approximate surface area is 151 Å². The minimum Gasteiger partial charge on any atom is -0.396 e. The molecule has 134 valence electrons. The fourth-order valence-electron chi connectivity index (χ4n) is 2.83. The van der Waals surface area contributed by atoms with Crippen LogP contribution in [-0.2, 0) is 0 Å². The average Bonchev–Trinajstić information content (AvgIpc) is 3.38. The number of aromatic amines is 1. The van der Waals surface area contributed by atoms with Crippen molar-refractivity contribution in [3.63, 3.8) is 0 Å². The second-order valence-electron chi connectivity index (χ2n) is 6.66. The summed E-state index contributed by atoms with van der Waals surface area (Å²) in [6, 6.07) is 12.0. The normalized spacial score (nSPS) is 14.8. The monoisotopic (exact) mass is 352 g/mol. The van der Waals surface area contributed by atoms with Gasteiger partial charge in [-0.1, -0.05) is 12.1 Å². The topological polar surface area (TPSA) is 91.7 Å². The number of nitrogen functional groups attached to an aromatic ring is 1. The second-order valence-corrected chi connectivity index (χ2v) is 6.66. The molecule has 5 N–H and O–H groups in total. The highest BCUT2D eigenvalue weighted by molar-refractivity contribution is 5.69. The van der Waals surface area contributed by atoms with Gasteiger partial charge >= 0.3 is 0 Å². The van der Waals surface area contributed by atoms with Crippen molar-refractivity contribution in [1.82, 2.24) is 15.2 Å². The van der Waals surface area contributed by atoms with E-state index in [9.17, 15) is 4.39 Å². The molecule has 1 atom stereocenters. The molecule has 2 heterocycles. The first-order chi connectivity index (χ1) is 12.6. The van der Waals surface area contributed by atoms with Crippen LogP contribution in [0.15, 0.2) is 42.5 Å². The SMILES string of the molecule is C[C@H](Nc1ccc(N)c(Nc2cc(C3CC3)[nH]n2)n1)c1ccc(F)cc1. The Hall–Kier alpha value is -3.09. The quantitative estimate of drug-likeness (QED) is 0.530. The molecule has 1 aliphatic rings. The fraction of sp³-hybridized carbons (Fsp3) is 0.263. The van der Waals surface area contributed by atoms with E-state index in [-0.39, 0.29) is 11.9 Å². The summed E-state index contributed by atoms with van der Waals surface area (Å²) in [6.07, 6.45) is 2.42. The van der Waals surface area contributed by atoms with Crippen molar-refractivity contribution < 1.29 is 4.39 Å². The standard InChI is InChI=1S/C19H21FN6/c1-11(12-4-6-14(20)7-5-12)22-17-9-8-15(21)19(23-17)24-18-10-16(25-26-18)13-2-3-13/h4-11,13H,2-3,21H2,1H3,(H3,22,23,24,25,26)/t11-/m0/s1. The number of nitrogens with two attached hydrogens (primary N) is 1. The minimum absolute atomic E-state index is 0.0218. The lowest BCUT2D eigenvalue weighted by Crippen LogP contribution is -2.09. The van der Waals surface area contributed by atoms with Gasteiger partial charge in [-0.05, 0) is 49.6 Å². The van der Waals surface area contributed by atoms with Crippen LogP contribution in [0, 0.1) is 5.82 Å². The third-order valence-electron chi connectivity index (χ3n) is 4.52. The third-order valence-corrected chi connectivity index (χ3v) is 4.52. The van der Waals surface area contributed by atoms with Crippen LogP contribution >= 0.6 is 0 Å². The summed E-state index contributed by atoms with van der Waals surface area (Å²) < 4.78 is 13.1. The number of H-pyrrole nitrogens is 1. The maximum atomic E-state index is 13.1. The van der Waals surface area contributed by atoms with Gasteiger partial charge in [0.05, 0.1) is 5.69 Å². The molecule has 0 spiro atoms. The van der Waals surface area contributed by atoms with Crippen LogP contribution in [0.4, 0.5) is 27.5 Å². The molecule has 1 aromatic carbocycles. The number of hydrogen-bond donors (Lipinski definition) is 4. The Morgan fingerprint density at radius 3 is 2.65 bits per heavy atom. The number of aromatic nitrogens is 3. The highest BCUT2D eigenvalue weighted by Crippen LogP contribution is 2.39. The van der Waals surface area contributed by atoms with E-state index < -0.39 is 0 Å². The van der Waals surface area contributed by atoms with Gasteiger partial charge in [0.25, 0.3) is 0 Å². The van der Waals surface area contributed by atoms with Gasteiger partial charge in [-0.15, -0.1) is 0 Å². The maximum Gasteiger partial charge on any atom is 0.157 e. The van der Waals surface area contributed by atoms with Crippen LogP contribution in [0.1, 0.15) is 43.0 Å². The number of hydrogen-bond acceptors (Lipinski definition) is 5. The predicted molar refractivity (Wildman–Crippen MR) is 101 cm³/mol. The largest absolute Gasteiger partial charge is 0.396 e. The van der Waals surface area contributed by atoms with E-state index >= 15 is 0 Å². The molecule has 0 unspecified atom stereocenters. The van der Waals surface area contributed by atoms with Crippen LogP contribution in [0.2, 0.25) is 0 Å². The number of halogens is 1. The van der Waals surface area contributed by atoms with Crippen LogP contribution < -0.4 is 16.4 Å². The lowest BCUT2D eigenvalue weighted by Gasteiger charge is -2.16. The highest BCUT2D eigenvalue weighted by atomic mass is 19.1. The zero-order valence-corrected chi connectivity index (χ0v) is 14.5. The highest BCUT2D eigenvalue weighted by Gasteiger charge is 2.25. The molecule has 1 saturated carbocycles. The summed E-state index contributed by atoms with van der Waals surface area (Å²) in [4.78, 5) is 4.55. The Morgan fingerprint density at radius 1 is 1.15 bits per heavy atom. The molecule has 2 aromatic heterocycles. The zero-order valence-electron chi connectivity index (χ0n) is 14.5. The lowest BCUT2D eigenvalue weighted by atomic mass is 10.1. The zero-order chi connectivity index (χ0) is 18.1. The predicted octanol–water partition coefficient (Wildman–Crippen LogP) is 4.32. The number of nitrogens with zero attached hydrogens (tertiary/aromatic N) is 2. The van der Waals surface area contributed by atoms with Crippen LogP contribution in [0.5, 0.6) is 0 Å². The molecular formula is C19H21FN6. The molecule has 0 amide bonds. The van der Waals surface area contributed by atoms with E-state index in [0.29, 0.717) is 29.1 Å². The molecule has 0 radical (unpaired) electrons. The lowest BCUT2D eigenvalue weighted by molar-refractivity contribution is 0.626. The van der Waals surface area contributed by atoms with Crippen molar-refractivity contribution in [1.29, 1.82) is 0 Å². The fourth-order valence-corrected chi connectivity index (χ4v) is 2.83. The Kier molecular flexibility index (Phi) is 4.20. The smallest absolute Gasteiger partial charge is 0.157 e. The number of pyridine rings is 1. The van der Waals surface area contributed by atoms with Gasteiger partial charge in [-0.3, -0.25) is 5.10 Å². The van der Waals surface area contributed by atoms with Crippen molar-refractivity contribution in [2.24, 2.45) is 0 Å². The molecule has 0 saturated heterocycles. The molecule has 1 aliphatic carbocycles. The van der Waals surface area contributed by atoms with Crippen LogP contribution in [-0.4, -0.2) is 15.2 Å². The van der Waals surface area contributed by atoms with Gasteiger partial charge in [0.2, 0.25) is 0 Å². The van der Waals surface area contributed by atoms with Crippen molar-refractivity contribution in [3.8, 4) is 0 Å². The first kappa shape index (κ1) is 16.4. The molecular weight excluding hydrogens is 331 g/mol. The van der Waals surface area contributed by atoms with Gasteiger partial charge in [-0.25, -0.2) is 9.37 Å². The van der Waals surface area contributed by atoms with Gasteiger partial charge in [0.15, 0.2) is 11.6 Å². The summed E-state index contributed by atoms with van der Waals surface area (Å²) in [7, 11) is 0. The molecule has 0 aliphatic heterocycles. The Balaban J connectivity index is 1.48. The number of rotatable bonds is 6. The van der Waals surface area contributed by atoms with E-state index in [4.69, 9.17) is 5.73 Å². The first-order valence-electron chi connectivity index (χ1n) is 8.69. The molecule has 3 aromatic rings. The second kappa shape index (κ2) is 6.67. The molecule has 26 heavy (non-hydrogen) atoms. The maximum absolute atomic E-state index is 13.1. The number of benzene rings is 1. The van der Waals surface area contributed by atoms with Gasteiger partial charge in [-0.2, -0.15) is 5.10 Å². The van der Waals surface area contributed by atoms with Gasteiger partial charge in [0.1, 0.15) is 11.6 Å². The molecule has 1 fully saturated rings. The Morgan fingerprint density at radius 2 is 1.92 bits per heavy atom.